The number of benzene rings is 4. The number of rotatable bonds is 11. The highest BCUT2D eigenvalue weighted by Gasteiger charge is 2.28. The first-order valence-corrected chi connectivity index (χ1v) is 13.2. The zero-order valence-electron chi connectivity index (χ0n) is 21.0. The van der Waals surface area contributed by atoms with Crippen LogP contribution in [0, 0.1) is 0 Å². The molecular formula is C29H28N2O6S. The number of nitrogens with zero attached hydrogens (tertiary/aromatic N) is 1. The zero-order valence-corrected chi connectivity index (χ0v) is 21.9. The fourth-order valence-electron chi connectivity index (χ4n) is 3.73. The van der Waals surface area contributed by atoms with Crippen LogP contribution in [0.25, 0.3) is 0 Å². The molecule has 9 heteroatoms. The van der Waals surface area contributed by atoms with Gasteiger partial charge >= 0.3 is 0 Å². The van der Waals surface area contributed by atoms with Gasteiger partial charge in [-0.05, 0) is 54.1 Å². The molecular weight excluding hydrogens is 504 g/mol. The number of nitrogens with one attached hydrogen (secondary N) is 1. The molecule has 0 unspecified atom stereocenters. The second kappa shape index (κ2) is 12.3. The molecule has 0 saturated heterocycles. The normalized spacial score (nSPS) is 11.1. The van der Waals surface area contributed by atoms with E-state index >= 15 is 0 Å². The lowest BCUT2D eigenvalue weighted by Gasteiger charge is -2.22. The molecule has 4 aromatic carbocycles. The third-order valence-electron chi connectivity index (χ3n) is 5.63. The summed E-state index contributed by atoms with van der Waals surface area (Å²) >= 11 is 0. The first kappa shape index (κ1) is 26.7. The summed E-state index contributed by atoms with van der Waals surface area (Å²) in [6, 6.07) is 29.6. The Hall–Kier alpha value is -4.34. The van der Waals surface area contributed by atoms with Crippen LogP contribution in [0.15, 0.2) is 108 Å². The predicted octanol–water partition coefficient (Wildman–Crippen LogP) is 5.33. The van der Waals surface area contributed by atoms with E-state index in [4.69, 9.17) is 14.2 Å². The molecule has 38 heavy (non-hydrogen) atoms. The average Bonchev–Trinajstić information content (AvgIpc) is 2.94. The number of ether oxygens (including phenoxy) is 3. The lowest BCUT2D eigenvalue weighted by Crippen LogP contribution is -2.37. The van der Waals surface area contributed by atoms with Crippen molar-refractivity contribution in [2.24, 2.45) is 0 Å². The van der Waals surface area contributed by atoms with Crippen molar-refractivity contribution in [3.05, 3.63) is 109 Å². The summed E-state index contributed by atoms with van der Waals surface area (Å²) in [4.78, 5) is 13.0. The minimum absolute atomic E-state index is 0.00872. The molecule has 0 aliphatic rings. The predicted molar refractivity (Wildman–Crippen MR) is 145 cm³/mol. The molecule has 0 aliphatic heterocycles. The molecule has 4 rings (SSSR count). The van der Waals surface area contributed by atoms with Crippen LogP contribution in [-0.2, 0) is 21.4 Å². The molecule has 0 saturated carbocycles. The first-order valence-electron chi connectivity index (χ1n) is 11.8. The Morgan fingerprint density at radius 2 is 1.37 bits per heavy atom. The Labute approximate surface area is 222 Å². The summed E-state index contributed by atoms with van der Waals surface area (Å²) in [5.41, 5.74) is 1.25. The summed E-state index contributed by atoms with van der Waals surface area (Å²) in [7, 11) is -1.17. The van der Waals surface area contributed by atoms with Crippen molar-refractivity contribution < 1.29 is 27.4 Å². The van der Waals surface area contributed by atoms with Gasteiger partial charge in [0.1, 0.15) is 11.5 Å². The second-order valence-electron chi connectivity index (χ2n) is 8.26. The van der Waals surface area contributed by atoms with E-state index < -0.39 is 22.5 Å². The molecule has 0 aromatic heterocycles. The SMILES string of the molecule is COc1ccc(S(=O)(=O)N(CC(=O)Nc2ccc(Oc3ccccc3)cc2)Cc2ccccc2)cc1OC. The number of hydrogen-bond donors (Lipinski definition) is 1. The van der Waals surface area contributed by atoms with E-state index in [9.17, 15) is 13.2 Å². The van der Waals surface area contributed by atoms with E-state index in [1.807, 2.05) is 48.5 Å². The fraction of sp³-hybridized carbons (Fsp3) is 0.138. The van der Waals surface area contributed by atoms with Crippen molar-refractivity contribution in [1.29, 1.82) is 0 Å². The zero-order chi connectivity index (χ0) is 27.0. The van der Waals surface area contributed by atoms with Gasteiger partial charge in [-0.25, -0.2) is 8.42 Å². The Morgan fingerprint density at radius 1 is 0.763 bits per heavy atom. The Morgan fingerprint density at radius 3 is 2.00 bits per heavy atom. The lowest BCUT2D eigenvalue weighted by molar-refractivity contribution is -0.116. The van der Waals surface area contributed by atoms with Crippen LogP contribution in [-0.4, -0.2) is 39.4 Å². The highest BCUT2D eigenvalue weighted by Crippen LogP contribution is 2.31. The maximum absolute atomic E-state index is 13.6. The van der Waals surface area contributed by atoms with Crippen LogP contribution in [0.5, 0.6) is 23.0 Å². The maximum atomic E-state index is 13.6. The Kier molecular flexibility index (Phi) is 8.62. The lowest BCUT2D eigenvalue weighted by atomic mass is 10.2. The molecule has 1 N–H and O–H groups in total. The molecule has 0 spiro atoms. The summed E-state index contributed by atoms with van der Waals surface area (Å²) in [5, 5.41) is 2.77. The van der Waals surface area contributed by atoms with Gasteiger partial charge in [-0.1, -0.05) is 48.5 Å². The Balaban J connectivity index is 1.52. The van der Waals surface area contributed by atoms with Gasteiger partial charge < -0.3 is 19.5 Å². The number of carbonyl (C=O) groups excluding carboxylic acids is 1. The van der Waals surface area contributed by atoms with Gasteiger partial charge in [0, 0.05) is 18.3 Å². The van der Waals surface area contributed by atoms with Gasteiger partial charge in [-0.2, -0.15) is 4.31 Å². The smallest absolute Gasteiger partial charge is 0.243 e. The third kappa shape index (κ3) is 6.70. The van der Waals surface area contributed by atoms with Crippen LogP contribution in [0.3, 0.4) is 0 Å². The van der Waals surface area contributed by atoms with E-state index in [0.29, 0.717) is 22.9 Å². The number of para-hydroxylation sites is 1. The van der Waals surface area contributed by atoms with E-state index in [0.717, 1.165) is 9.87 Å². The van der Waals surface area contributed by atoms with Crippen molar-refractivity contribution in [3.8, 4) is 23.0 Å². The van der Waals surface area contributed by atoms with Crippen LogP contribution in [0.2, 0.25) is 0 Å². The van der Waals surface area contributed by atoms with Crippen molar-refractivity contribution in [2.75, 3.05) is 26.1 Å². The van der Waals surface area contributed by atoms with Gasteiger partial charge in [-0.15, -0.1) is 0 Å². The quantitative estimate of drug-likeness (QED) is 0.281. The fourth-order valence-corrected chi connectivity index (χ4v) is 5.13. The maximum Gasteiger partial charge on any atom is 0.243 e. The average molecular weight is 533 g/mol. The summed E-state index contributed by atoms with van der Waals surface area (Å²) in [6.07, 6.45) is 0. The number of methoxy groups -OCH3 is 2. The number of carbonyl (C=O) groups is 1. The van der Waals surface area contributed by atoms with E-state index in [1.165, 1.54) is 32.4 Å². The number of sulfonamides is 1. The molecule has 4 aromatic rings. The highest BCUT2D eigenvalue weighted by molar-refractivity contribution is 7.89. The monoisotopic (exact) mass is 532 g/mol. The van der Waals surface area contributed by atoms with Gasteiger partial charge in [0.2, 0.25) is 15.9 Å². The van der Waals surface area contributed by atoms with Crippen molar-refractivity contribution in [1.82, 2.24) is 4.31 Å². The van der Waals surface area contributed by atoms with E-state index in [1.54, 1.807) is 36.4 Å². The summed E-state index contributed by atoms with van der Waals surface area (Å²) in [5.74, 6) is 1.49. The van der Waals surface area contributed by atoms with Gasteiger partial charge in [0.05, 0.1) is 25.7 Å². The largest absolute Gasteiger partial charge is 0.493 e. The van der Waals surface area contributed by atoms with Crippen LogP contribution in [0.4, 0.5) is 5.69 Å². The second-order valence-corrected chi connectivity index (χ2v) is 10.2. The van der Waals surface area contributed by atoms with Gasteiger partial charge in [0.15, 0.2) is 11.5 Å². The van der Waals surface area contributed by atoms with Crippen molar-refractivity contribution in [3.63, 3.8) is 0 Å². The third-order valence-corrected chi connectivity index (χ3v) is 7.42. The first-order chi connectivity index (χ1) is 18.4. The molecule has 0 fully saturated rings. The molecule has 196 valence electrons. The minimum atomic E-state index is -4.07. The van der Waals surface area contributed by atoms with Crippen molar-refractivity contribution in [2.45, 2.75) is 11.4 Å². The molecule has 8 nitrogen and oxygen atoms in total. The van der Waals surface area contributed by atoms with Gasteiger partial charge in [0.25, 0.3) is 0 Å². The standard InChI is InChI=1S/C29H28N2O6S/c1-35-27-18-17-26(19-28(27)36-2)38(33,34)31(20-22-9-5-3-6-10-22)21-29(32)30-23-13-15-25(16-14-23)37-24-11-7-4-8-12-24/h3-19H,20-21H2,1-2H3,(H,30,32). The number of amides is 1. The van der Waals surface area contributed by atoms with E-state index in [2.05, 4.69) is 5.32 Å². The topological polar surface area (TPSA) is 94.2 Å². The molecule has 0 heterocycles. The van der Waals surface area contributed by atoms with E-state index in [-0.39, 0.29) is 17.2 Å². The molecule has 0 atom stereocenters. The van der Waals surface area contributed by atoms with Crippen molar-refractivity contribution >= 4 is 21.6 Å². The molecule has 0 aliphatic carbocycles. The summed E-state index contributed by atoms with van der Waals surface area (Å²) in [6.45, 7) is -0.386. The molecule has 1 amide bonds. The Bertz CT molecular complexity index is 1460. The molecule has 0 bridgehead atoms. The minimum Gasteiger partial charge on any atom is -0.493 e. The van der Waals surface area contributed by atoms with Crippen LogP contribution >= 0.6 is 0 Å². The molecule has 0 radical (unpaired) electrons. The number of anilines is 1. The number of hydrogen-bond acceptors (Lipinski definition) is 6. The van der Waals surface area contributed by atoms with Crippen LogP contribution < -0.4 is 19.5 Å². The highest BCUT2D eigenvalue weighted by atomic mass is 32.2. The van der Waals surface area contributed by atoms with Crippen LogP contribution in [0.1, 0.15) is 5.56 Å². The van der Waals surface area contributed by atoms with Gasteiger partial charge in [-0.3, -0.25) is 4.79 Å². The summed E-state index contributed by atoms with van der Waals surface area (Å²) < 4.78 is 44.7.